The fourth-order valence-electron chi connectivity index (χ4n) is 1.14. The van der Waals surface area contributed by atoms with Crippen LogP contribution in [0.25, 0.3) is 0 Å². The van der Waals surface area contributed by atoms with Crippen molar-refractivity contribution in [1.29, 1.82) is 0 Å². The zero-order valence-electron chi connectivity index (χ0n) is 10.4. The summed E-state index contributed by atoms with van der Waals surface area (Å²) in [6.45, 7) is 5.65. The molecule has 1 aromatic rings. The summed E-state index contributed by atoms with van der Waals surface area (Å²) in [6, 6.07) is 5.82. The molecule has 0 bridgehead atoms. The van der Waals surface area contributed by atoms with Gasteiger partial charge >= 0.3 is 18.9 Å². The van der Waals surface area contributed by atoms with Crippen LogP contribution in [0.3, 0.4) is 0 Å². The quantitative estimate of drug-likeness (QED) is 0.509. The summed E-state index contributed by atoms with van der Waals surface area (Å²) in [6.07, 6.45) is 2.02. The third-order valence-corrected chi connectivity index (χ3v) is 2.30. The summed E-state index contributed by atoms with van der Waals surface area (Å²) in [7, 11) is 3.50. The Balaban J connectivity index is 0.00000225. The smallest absolute Gasteiger partial charge is 0.521 e. The fraction of sp³-hybridized carbons (Fsp3) is 0.500. The van der Waals surface area contributed by atoms with Crippen LogP contribution in [0, 0.1) is 0 Å². The van der Waals surface area contributed by atoms with Crippen molar-refractivity contribution in [2.75, 3.05) is 13.2 Å². The van der Waals surface area contributed by atoms with E-state index in [1.165, 1.54) is 0 Å². The van der Waals surface area contributed by atoms with Gasteiger partial charge < -0.3 is 18.7 Å². The number of benzene rings is 1. The van der Waals surface area contributed by atoms with Gasteiger partial charge in [-0.2, -0.15) is 5.30 Å². The molecular weight excluding hydrogens is 214 g/mol. The van der Waals surface area contributed by atoms with Gasteiger partial charge in [0.25, 0.3) is 0 Å². The Hall–Kier alpha value is -0.153. The Morgan fingerprint density at radius 1 is 1.06 bits per heavy atom. The second kappa shape index (κ2) is 8.94. The van der Waals surface area contributed by atoms with Crippen LogP contribution >= 0.6 is 9.24 Å². The molecule has 0 fully saturated rings. The summed E-state index contributed by atoms with van der Waals surface area (Å²) in [5.74, 6) is 1.71. The average Bonchev–Trinajstić information content (AvgIpc) is 2.26. The molecule has 0 radical (unpaired) electrons. The van der Waals surface area contributed by atoms with Gasteiger partial charge in [0.05, 0.1) is 19.0 Å². The van der Waals surface area contributed by atoms with Gasteiger partial charge in [-0.1, -0.05) is 19.9 Å². The number of rotatable bonds is 6. The Morgan fingerprint density at radius 2 is 1.69 bits per heavy atom. The Morgan fingerprint density at radius 3 is 2.31 bits per heavy atom. The first-order valence-electron chi connectivity index (χ1n) is 5.39. The van der Waals surface area contributed by atoms with Crippen molar-refractivity contribution in [1.82, 2.24) is 0 Å². The third-order valence-electron chi connectivity index (χ3n) is 1.89. The number of hydrogen-bond acceptors (Lipinski definition) is 2. The van der Waals surface area contributed by atoms with Crippen LogP contribution in [0.4, 0.5) is 0 Å². The van der Waals surface area contributed by atoms with Crippen LogP contribution in [0.5, 0.6) is 11.5 Å². The second-order valence-electron chi connectivity index (χ2n) is 3.35. The summed E-state index contributed by atoms with van der Waals surface area (Å²) in [5, 5.41) is 0.965. The molecule has 0 aromatic heterocycles. The number of ether oxygens (including phenoxy) is 2. The largest absolute Gasteiger partial charge is 1.00 e. The van der Waals surface area contributed by atoms with Crippen molar-refractivity contribution in [2.45, 2.75) is 26.7 Å². The van der Waals surface area contributed by atoms with Crippen LogP contribution in [0.15, 0.2) is 18.2 Å². The van der Waals surface area contributed by atoms with Crippen LogP contribution < -0.4 is 33.6 Å². The van der Waals surface area contributed by atoms with E-state index in [4.69, 9.17) is 9.47 Å². The molecule has 1 rings (SSSR count). The Kier molecular flexibility index (Phi) is 8.85. The molecule has 0 spiro atoms. The SMILES string of the molecule is CCCOc1ccc([PH-])c(OCCC)c1.[Li+]. The average molecular weight is 232 g/mol. The zero-order chi connectivity index (χ0) is 11.1. The van der Waals surface area contributed by atoms with Crippen molar-refractivity contribution in [3.8, 4) is 11.5 Å². The van der Waals surface area contributed by atoms with Gasteiger partial charge in [-0.15, -0.1) is 0 Å². The van der Waals surface area contributed by atoms with E-state index < -0.39 is 0 Å². The molecule has 0 heterocycles. The predicted octanol–water partition coefficient (Wildman–Crippen LogP) is 0.0363. The maximum atomic E-state index is 5.58. The van der Waals surface area contributed by atoms with Gasteiger partial charge in [-0.3, -0.25) is 0 Å². The topological polar surface area (TPSA) is 18.5 Å². The fourth-order valence-corrected chi connectivity index (χ4v) is 1.37. The maximum absolute atomic E-state index is 5.58. The molecule has 4 heteroatoms. The van der Waals surface area contributed by atoms with Gasteiger partial charge in [-0.05, 0) is 18.9 Å². The van der Waals surface area contributed by atoms with Gasteiger partial charge in [0.15, 0.2) is 0 Å². The van der Waals surface area contributed by atoms with E-state index in [1.807, 2.05) is 18.2 Å². The molecule has 0 amide bonds. The minimum atomic E-state index is 0. The molecule has 16 heavy (non-hydrogen) atoms. The van der Waals surface area contributed by atoms with Crippen LogP contribution in [-0.4, -0.2) is 13.2 Å². The predicted molar refractivity (Wildman–Crippen MR) is 66.0 cm³/mol. The molecule has 84 valence electrons. The number of hydrogen-bond donors (Lipinski definition) is 0. The summed E-state index contributed by atoms with van der Waals surface area (Å²) in [5.41, 5.74) is 0. The maximum Gasteiger partial charge on any atom is 1.00 e. The molecule has 0 aliphatic carbocycles. The van der Waals surface area contributed by atoms with E-state index in [9.17, 15) is 0 Å². The van der Waals surface area contributed by atoms with Crippen molar-refractivity contribution in [3.63, 3.8) is 0 Å². The molecule has 0 aliphatic rings. The molecule has 0 aliphatic heterocycles. The van der Waals surface area contributed by atoms with E-state index in [-0.39, 0.29) is 18.9 Å². The van der Waals surface area contributed by atoms with Gasteiger partial charge in [0, 0.05) is 6.07 Å². The van der Waals surface area contributed by atoms with Crippen molar-refractivity contribution in [3.05, 3.63) is 18.2 Å². The standard InChI is InChI=1S/C12H18O2P.Li/c1-3-7-13-10-5-6-12(15)11(9-10)14-8-4-2;/h5-6,9,15H,3-4,7-8H2,1-2H3;/q-1;+1. The van der Waals surface area contributed by atoms with E-state index >= 15 is 0 Å². The van der Waals surface area contributed by atoms with E-state index in [0.717, 1.165) is 42.9 Å². The van der Waals surface area contributed by atoms with Crippen LogP contribution in [-0.2, 0) is 0 Å². The minimum Gasteiger partial charge on any atom is -0.521 e. The van der Waals surface area contributed by atoms with Crippen molar-refractivity contribution < 1.29 is 28.3 Å². The molecule has 0 atom stereocenters. The van der Waals surface area contributed by atoms with E-state index in [0.29, 0.717) is 0 Å². The van der Waals surface area contributed by atoms with Crippen LogP contribution in [0.2, 0.25) is 0 Å². The first kappa shape index (κ1) is 15.8. The Bertz CT molecular complexity index is 305. The molecular formula is C12H18LiO2P. The normalized spacial score (nSPS) is 9.44. The van der Waals surface area contributed by atoms with Gasteiger partial charge in [0.2, 0.25) is 0 Å². The molecule has 0 saturated heterocycles. The first-order valence-corrected chi connectivity index (χ1v) is 5.89. The molecule has 0 N–H and O–H groups in total. The van der Waals surface area contributed by atoms with E-state index in [1.54, 1.807) is 0 Å². The monoisotopic (exact) mass is 232 g/mol. The molecule has 2 nitrogen and oxygen atoms in total. The summed E-state index contributed by atoms with van der Waals surface area (Å²) in [4.78, 5) is 0. The zero-order valence-corrected chi connectivity index (χ0v) is 11.4. The molecule has 0 saturated carbocycles. The minimum absolute atomic E-state index is 0. The van der Waals surface area contributed by atoms with Crippen molar-refractivity contribution in [2.24, 2.45) is 0 Å². The van der Waals surface area contributed by atoms with Gasteiger partial charge in [-0.25, -0.2) is 0 Å². The summed E-state index contributed by atoms with van der Waals surface area (Å²) < 4.78 is 11.1. The van der Waals surface area contributed by atoms with E-state index in [2.05, 4.69) is 23.1 Å². The molecule has 1 aromatic carbocycles. The second-order valence-corrected chi connectivity index (χ2v) is 3.89. The van der Waals surface area contributed by atoms with Crippen LogP contribution in [0.1, 0.15) is 26.7 Å². The Labute approximate surface area is 112 Å². The summed E-state index contributed by atoms with van der Waals surface area (Å²) >= 11 is 0. The molecule has 0 unspecified atom stereocenters. The third kappa shape index (κ3) is 5.26. The first-order chi connectivity index (χ1) is 7.27. The van der Waals surface area contributed by atoms with Crippen molar-refractivity contribution >= 4 is 14.5 Å². The van der Waals surface area contributed by atoms with Gasteiger partial charge in [0.1, 0.15) is 5.75 Å².